The molecule has 0 aliphatic heterocycles. The van der Waals surface area contributed by atoms with E-state index in [1.165, 1.54) is 12.1 Å². The number of guanidine groups is 1. The number of nitrogens with one attached hydrogen (secondary N) is 2. The van der Waals surface area contributed by atoms with Crippen molar-refractivity contribution < 1.29 is 9.18 Å². The van der Waals surface area contributed by atoms with Crippen LogP contribution in [0.15, 0.2) is 53.5 Å². The number of halogens is 2. The number of aliphatic imine (C=N–C) groups is 1. The van der Waals surface area contributed by atoms with Crippen LogP contribution in [0.5, 0.6) is 0 Å². The molecule has 0 spiro atoms. The van der Waals surface area contributed by atoms with Crippen molar-refractivity contribution in [1.82, 2.24) is 15.5 Å². The standard InChI is InChI=1S/C23H31FN4O.HI/c1-6-25-22(27-16-23(2,3)19-11-13-20(24)14-12-19)26-15-17-7-9-18(10-8-17)21(29)28(4)5;/h7-14H,6,15-16H2,1-5H3,(H2,25,26,27);1H. The van der Waals surface area contributed by atoms with Crippen LogP contribution in [0.4, 0.5) is 4.39 Å². The van der Waals surface area contributed by atoms with Gasteiger partial charge >= 0.3 is 0 Å². The predicted octanol–water partition coefficient (Wildman–Crippen LogP) is 4.18. The Hall–Kier alpha value is -2.16. The molecule has 0 heterocycles. The number of hydrogen-bond acceptors (Lipinski definition) is 2. The largest absolute Gasteiger partial charge is 0.357 e. The summed E-state index contributed by atoms with van der Waals surface area (Å²) in [7, 11) is 3.48. The molecule has 2 aromatic rings. The van der Waals surface area contributed by atoms with Crippen LogP contribution < -0.4 is 10.6 Å². The van der Waals surface area contributed by atoms with Gasteiger partial charge < -0.3 is 15.5 Å². The van der Waals surface area contributed by atoms with E-state index in [0.717, 1.165) is 23.6 Å². The molecule has 0 saturated heterocycles. The van der Waals surface area contributed by atoms with Crippen molar-refractivity contribution in [3.05, 3.63) is 71.0 Å². The maximum absolute atomic E-state index is 13.2. The molecule has 0 bridgehead atoms. The third-order valence-electron chi connectivity index (χ3n) is 4.69. The second kappa shape index (κ2) is 11.9. The molecule has 0 atom stereocenters. The average molecular weight is 526 g/mol. The van der Waals surface area contributed by atoms with Gasteiger partial charge in [-0.25, -0.2) is 9.38 Å². The second-order valence-electron chi connectivity index (χ2n) is 7.84. The van der Waals surface area contributed by atoms with Crippen LogP contribution in [0.2, 0.25) is 0 Å². The van der Waals surface area contributed by atoms with Crippen molar-refractivity contribution in [3.8, 4) is 0 Å². The van der Waals surface area contributed by atoms with Crippen LogP contribution in [0, 0.1) is 5.82 Å². The third-order valence-corrected chi connectivity index (χ3v) is 4.69. The molecule has 0 unspecified atom stereocenters. The SMILES string of the molecule is CCNC(=NCc1ccc(C(=O)N(C)C)cc1)NCC(C)(C)c1ccc(F)cc1.I. The Morgan fingerprint density at radius 3 is 2.17 bits per heavy atom. The summed E-state index contributed by atoms with van der Waals surface area (Å²) >= 11 is 0. The minimum atomic E-state index is -0.231. The van der Waals surface area contributed by atoms with E-state index < -0.39 is 0 Å². The van der Waals surface area contributed by atoms with E-state index in [0.29, 0.717) is 18.7 Å². The molecular formula is C23H32FIN4O. The van der Waals surface area contributed by atoms with E-state index in [2.05, 4.69) is 29.5 Å². The van der Waals surface area contributed by atoms with Crippen LogP contribution in [-0.2, 0) is 12.0 Å². The zero-order valence-corrected chi connectivity index (χ0v) is 20.7. The zero-order chi connectivity index (χ0) is 21.4. The summed E-state index contributed by atoms with van der Waals surface area (Å²) in [4.78, 5) is 18.2. The molecule has 7 heteroatoms. The summed E-state index contributed by atoms with van der Waals surface area (Å²) in [6.45, 7) is 8.14. The highest BCUT2D eigenvalue weighted by molar-refractivity contribution is 14.0. The molecule has 0 aliphatic rings. The van der Waals surface area contributed by atoms with Crippen LogP contribution in [0.25, 0.3) is 0 Å². The monoisotopic (exact) mass is 526 g/mol. The van der Waals surface area contributed by atoms with Crippen molar-refractivity contribution in [1.29, 1.82) is 0 Å². The molecule has 164 valence electrons. The number of carbonyl (C=O) groups is 1. The van der Waals surface area contributed by atoms with E-state index in [1.54, 1.807) is 19.0 Å². The highest BCUT2D eigenvalue weighted by atomic mass is 127. The zero-order valence-electron chi connectivity index (χ0n) is 18.3. The molecule has 0 radical (unpaired) electrons. The molecule has 2 rings (SSSR count). The first-order valence-corrected chi connectivity index (χ1v) is 9.82. The molecule has 0 aromatic heterocycles. The van der Waals surface area contributed by atoms with Gasteiger partial charge in [-0.2, -0.15) is 0 Å². The molecule has 2 N–H and O–H groups in total. The molecule has 2 aromatic carbocycles. The van der Waals surface area contributed by atoms with Gasteiger partial charge in [-0.3, -0.25) is 4.79 Å². The van der Waals surface area contributed by atoms with Crippen LogP contribution in [0.3, 0.4) is 0 Å². The number of rotatable bonds is 7. The molecule has 0 aliphatic carbocycles. The maximum atomic E-state index is 13.2. The lowest BCUT2D eigenvalue weighted by Gasteiger charge is -2.26. The molecule has 0 saturated carbocycles. The number of carbonyl (C=O) groups excluding carboxylic acids is 1. The Kier molecular flexibility index (Phi) is 10.2. The summed E-state index contributed by atoms with van der Waals surface area (Å²) < 4.78 is 13.2. The van der Waals surface area contributed by atoms with Crippen LogP contribution >= 0.6 is 24.0 Å². The fourth-order valence-corrected chi connectivity index (χ4v) is 2.83. The summed E-state index contributed by atoms with van der Waals surface area (Å²) in [6.07, 6.45) is 0. The Bertz CT molecular complexity index is 833. The minimum absolute atomic E-state index is 0. The predicted molar refractivity (Wildman–Crippen MR) is 132 cm³/mol. The summed E-state index contributed by atoms with van der Waals surface area (Å²) in [5.41, 5.74) is 2.56. The lowest BCUT2D eigenvalue weighted by molar-refractivity contribution is 0.0827. The van der Waals surface area contributed by atoms with Gasteiger partial charge in [0.15, 0.2) is 5.96 Å². The normalized spacial score (nSPS) is 11.5. The molecule has 0 fully saturated rings. The number of amides is 1. The van der Waals surface area contributed by atoms with Gasteiger partial charge in [0.05, 0.1) is 6.54 Å². The minimum Gasteiger partial charge on any atom is -0.357 e. The lowest BCUT2D eigenvalue weighted by Crippen LogP contribution is -2.43. The van der Waals surface area contributed by atoms with Crippen molar-refractivity contribution in [2.45, 2.75) is 32.7 Å². The summed E-state index contributed by atoms with van der Waals surface area (Å²) in [5, 5.41) is 6.62. The third kappa shape index (κ3) is 7.59. The van der Waals surface area contributed by atoms with Gasteiger partial charge in [0.2, 0.25) is 0 Å². The summed E-state index contributed by atoms with van der Waals surface area (Å²) in [6, 6.07) is 14.1. The average Bonchev–Trinajstić information content (AvgIpc) is 2.70. The molecule has 5 nitrogen and oxygen atoms in total. The highest BCUT2D eigenvalue weighted by Crippen LogP contribution is 2.22. The number of benzene rings is 2. The van der Waals surface area contributed by atoms with E-state index in [1.807, 2.05) is 43.3 Å². The quantitative estimate of drug-likeness (QED) is 0.324. The van der Waals surface area contributed by atoms with Gasteiger partial charge in [0, 0.05) is 38.2 Å². The molecule has 1 amide bonds. The van der Waals surface area contributed by atoms with Gasteiger partial charge in [-0.1, -0.05) is 38.1 Å². The first kappa shape index (κ1) is 25.9. The Morgan fingerprint density at radius 2 is 1.63 bits per heavy atom. The highest BCUT2D eigenvalue weighted by Gasteiger charge is 2.21. The topological polar surface area (TPSA) is 56.7 Å². The fourth-order valence-electron chi connectivity index (χ4n) is 2.83. The van der Waals surface area contributed by atoms with Crippen molar-refractivity contribution in [2.75, 3.05) is 27.2 Å². The lowest BCUT2D eigenvalue weighted by atomic mass is 9.84. The van der Waals surface area contributed by atoms with Gasteiger partial charge in [0.25, 0.3) is 5.91 Å². The Balaban J connectivity index is 0.00000450. The second-order valence-corrected chi connectivity index (χ2v) is 7.84. The van der Waals surface area contributed by atoms with Gasteiger partial charge in [-0.05, 0) is 42.3 Å². The van der Waals surface area contributed by atoms with E-state index in [-0.39, 0.29) is 41.1 Å². The molecule has 30 heavy (non-hydrogen) atoms. The van der Waals surface area contributed by atoms with Crippen LogP contribution in [0.1, 0.15) is 42.3 Å². The molecular weight excluding hydrogens is 494 g/mol. The maximum Gasteiger partial charge on any atom is 0.253 e. The smallest absolute Gasteiger partial charge is 0.253 e. The van der Waals surface area contributed by atoms with Gasteiger partial charge in [-0.15, -0.1) is 24.0 Å². The van der Waals surface area contributed by atoms with E-state index in [4.69, 9.17) is 0 Å². The first-order chi connectivity index (χ1) is 13.7. The van der Waals surface area contributed by atoms with Crippen molar-refractivity contribution in [2.24, 2.45) is 4.99 Å². The van der Waals surface area contributed by atoms with E-state index >= 15 is 0 Å². The Labute approximate surface area is 196 Å². The first-order valence-electron chi connectivity index (χ1n) is 9.82. The van der Waals surface area contributed by atoms with Crippen molar-refractivity contribution in [3.63, 3.8) is 0 Å². The van der Waals surface area contributed by atoms with Crippen LogP contribution in [-0.4, -0.2) is 44.0 Å². The fraction of sp³-hybridized carbons (Fsp3) is 0.391. The van der Waals surface area contributed by atoms with E-state index in [9.17, 15) is 9.18 Å². The number of nitrogens with zero attached hydrogens (tertiary/aromatic N) is 2. The Morgan fingerprint density at radius 1 is 1.03 bits per heavy atom. The summed E-state index contributed by atoms with van der Waals surface area (Å²) in [5.74, 6) is 0.472. The number of hydrogen-bond donors (Lipinski definition) is 2. The van der Waals surface area contributed by atoms with Gasteiger partial charge in [0.1, 0.15) is 5.82 Å². The van der Waals surface area contributed by atoms with Crippen molar-refractivity contribution >= 4 is 35.8 Å².